The third-order valence-electron chi connectivity index (χ3n) is 7.14. The molecule has 0 N–H and O–H groups in total. The van der Waals surface area contributed by atoms with Gasteiger partial charge in [0.15, 0.2) is 5.65 Å². The molecular weight excluding hydrogens is 417 g/mol. The van der Waals surface area contributed by atoms with Gasteiger partial charge in [0.05, 0.1) is 23.0 Å². The molecule has 3 aliphatic carbocycles. The van der Waals surface area contributed by atoms with E-state index in [0.29, 0.717) is 22.5 Å². The maximum atomic E-state index is 13.2. The SMILES string of the molecule is Cc1nc2c(cnn2-c2ccccc2)c(=O)n1-c1ccc(C23CC(C(F)(F)F)(C2)C3)cc1. The number of aromatic nitrogens is 4. The first kappa shape index (κ1) is 19.3. The normalized spacial score (nSPS) is 24.2. The molecule has 7 rings (SSSR count). The standard InChI is InChI=1S/C24H19F3N4O/c1-15-29-20-19(11-28-31(20)18-5-3-2-4-6-18)21(32)30(15)17-9-7-16(8-10-17)22-12-23(13-22,14-22)24(25,26)27/h2-11H,12-14H2,1H3. The van der Waals surface area contributed by atoms with Gasteiger partial charge >= 0.3 is 6.18 Å². The number of hydrogen-bond acceptors (Lipinski definition) is 3. The molecule has 4 aromatic rings. The van der Waals surface area contributed by atoms with E-state index in [4.69, 9.17) is 0 Å². The number of para-hydroxylation sites is 1. The number of benzene rings is 2. The zero-order chi connectivity index (χ0) is 22.3. The number of hydrogen-bond donors (Lipinski definition) is 0. The first-order valence-electron chi connectivity index (χ1n) is 10.4. The van der Waals surface area contributed by atoms with Gasteiger partial charge in [-0.3, -0.25) is 9.36 Å². The summed E-state index contributed by atoms with van der Waals surface area (Å²) >= 11 is 0. The minimum Gasteiger partial charge on any atom is -0.268 e. The number of aryl methyl sites for hydroxylation is 1. The largest absolute Gasteiger partial charge is 0.394 e. The number of alkyl halides is 3. The average molecular weight is 436 g/mol. The van der Waals surface area contributed by atoms with Crippen LogP contribution in [0.1, 0.15) is 30.7 Å². The molecule has 3 aliphatic rings. The van der Waals surface area contributed by atoms with Gasteiger partial charge in [-0.15, -0.1) is 0 Å². The van der Waals surface area contributed by atoms with Crippen LogP contribution in [0.15, 0.2) is 65.6 Å². The summed E-state index contributed by atoms with van der Waals surface area (Å²) in [7, 11) is 0. The van der Waals surface area contributed by atoms with E-state index >= 15 is 0 Å². The van der Waals surface area contributed by atoms with Crippen LogP contribution in [0.5, 0.6) is 0 Å². The van der Waals surface area contributed by atoms with Crippen LogP contribution in [0, 0.1) is 12.3 Å². The molecule has 8 heteroatoms. The van der Waals surface area contributed by atoms with Gasteiger partial charge in [-0.05, 0) is 61.4 Å². The van der Waals surface area contributed by atoms with E-state index in [1.807, 2.05) is 42.5 Å². The van der Waals surface area contributed by atoms with Crippen LogP contribution in [0.25, 0.3) is 22.4 Å². The van der Waals surface area contributed by atoms with E-state index in [2.05, 4.69) is 10.1 Å². The minimum atomic E-state index is -4.12. The summed E-state index contributed by atoms with van der Waals surface area (Å²) in [5.74, 6) is 0.509. The molecule has 32 heavy (non-hydrogen) atoms. The summed E-state index contributed by atoms with van der Waals surface area (Å²) in [6.45, 7) is 1.76. The Morgan fingerprint density at radius 1 is 0.938 bits per heavy atom. The highest BCUT2D eigenvalue weighted by atomic mass is 19.4. The molecule has 0 amide bonds. The van der Waals surface area contributed by atoms with Gasteiger partial charge in [-0.1, -0.05) is 30.3 Å². The molecule has 0 unspecified atom stereocenters. The third-order valence-corrected chi connectivity index (χ3v) is 7.14. The van der Waals surface area contributed by atoms with Gasteiger partial charge in [0.2, 0.25) is 0 Å². The van der Waals surface area contributed by atoms with Crippen LogP contribution >= 0.6 is 0 Å². The highest BCUT2D eigenvalue weighted by Crippen LogP contribution is 2.78. The lowest BCUT2D eigenvalue weighted by Crippen LogP contribution is -2.70. The second-order valence-corrected chi connectivity index (χ2v) is 9.06. The highest BCUT2D eigenvalue weighted by Gasteiger charge is 2.78. The smallest absolute Gasteiger partial charge is 0.268 e. The lowest BCUT2D eigenvalue weighted by atomic mass is 9.33. The molecule has 3 fully saturated rings. The van der Waals surface area contributed by atoms with Gasteiger partial charge in [-0.2, -0.15) is 18.3 Å². The lowest BCUT2D eigenvalue weighted by Gasteiger charge is -2.71. The second kappa shape index (κ2) is 6.09. The van der Waals surface area contributed by atoms with Crippen molar-refractivity contribution in [1.82, 2.24) is 19.3 Å². The summed E-state index contributed by atoms with van der Waals surface area (Å²) in [6, 6.07) is 16.7. The van der Waals surface area contributed by atoms with Gasteiger partial charge in [0.1, 0.15) is 11.2 Å². The zero-order valence-electron chi connectivity index (χ0n) is 17.2. The topological polar surface area (TPSA) is 52.7 Å². The zero-order valence-corrected chi connectivity index (χ0v) is 17.2. The Labute approximate surface area is 181 Å². The number of halogens is 3. The first-order valence-corrected chi connectivity index (χ1v) is 10.4. The fourth-order valence-corrected chi connectivity index (χ4v) is 5.49. The summed E-state index contributed by atoms with van der Waals surface area (Å²) in [4.78, 5) is 17.9. The molecule has 2 bridgehead atoms. The van der Waals surface area contributed by atoms with Crippen molar-refractivity contribution in [2.24, 2.45) is 5.41 Å². The second-order valence-electron chi connectivity index (χ2n) is 9.06. The van der Waals surface area contributed by atoms with Crippen LogP contribution in [-0.2, 0) is 5.41 Å². The number of nitrogens with zero attached hydrogens (tertiary/aromatic N) is 4. The van der Waals surface area contributed by atoms with Crippen LogP contribution in [0.3, 0.4) is 0 Å². The van der Waals surface area contributed by atoms with Crippen LogP contribution < -0.4 is 5.56 Å². The monoisotopic (exact) mass is 436 g/mol. The van der Waals surface area contributed by atoms with E-state index in [1.165, 1.54) is 10.8 Å². The van der Waals surface area contributed by atoms with Crippen molar-refractivity contribution in [1.29, 1.82) is 0 Å². The van der Waals surface area contributed by atoms with Crippen LogP contribution in [-0.4, -0.2) is 25.5 Å². The maximum absolute atomic E-state index is 13.2. The molecule has 2 heterocycles. The quantitative estimate of drug-likeness (QED) is 0.461. The number of fused-ring (bicyclic) bond motifs is 1. The fraction of sp³-hybridized carbons (Fsp3) is 0.292. The van der Waals surface area contributed by atoms with Crippen LogP contribution in [0.2, 0.25) is 0 Å². The molecule has 3 saturated carbocycles. The Kier molecular flexibility index (Phi) is 3.67. The van der Waals surface area contributed by atoms with Crippen molar-refractivity contribution in [3.05, 3.63) is 82.5 Å². The molecule has 0 spiro atoms. The van der Waals surface area contributed by atoms with E-state index in [-0.39, 0.29) is 30.2 Å². The van der Waals surface area contributed by atoms with Gasteiger partial charge in [-0.25, -0.2) is 9.67 Å². The summed E-state index contributed by atoms with van der Waals surface area (Å²) < 4.78 is 42.7. The van der Waals surface area contributed by atoms with Crippen molar-refractivity contribution in [2.75, 3.05) is 0 Å². The summed E-state index contributed by atoms with van der Waals surface area (Å²) in [5.41, 5.74) is 0.757. The van der Waals surface area contributed by atoms with Gasteiger partial charge in [0.25, 0.3) is 5.56 Å². The maximum Gasteiger partial charge on any atom is 0.394 e. The Morgan fingerprint density at radius 2 is 1.59 bits per heavy atom. The number of rotatable bonds is 3. The molecule has 2 aromatic carbocycles. The fourth-order valence-electron chi connectivity index (χ4n) is 5.49. The Hall–Kier alpha value is -3.42. The van der Waals surface area contributed by atoms with Gasteiger partial charge in [0, 0.05) is 0 Å². The molecule has 0 saturated heterocycles. The Morgan fingerprint density at radius 3 is 2.22 bits per heavy atom. The molecular formula is C24H19F3N4O. The lowest BCUT2D eigenvalue weighted by molar-refractivity contribution is -0.337. The molecule has 5 nitrogen and oxygen atoms in total. The highest BCUT2D eigenvalue weighted by molar-refractivity contribution is 5.75. The van der Waals surface area contributed by atoms with E-state index < -0.39 is 11.6 Å². The minimum absolute atomic E-state index is 0.161. The van der Waals surface area contributed by atoms with Crippen molar-refractivity contribution in [3.8, 4) is 11.4 Å². The van der Waals surface area contributed by atoms with Crippen molar-refractivity contribution in [2.45, 2.75) is 37.8 Å². The van der Waals surface area contributed by atoms with Crippen molar-refractivity contribution < 1.29 is 13.2 Å². The van der Waals surface area contributed by atoms with E-state index in [1.54, 1.807) is 23.7 Å². The van der Waals surface area contributed by atoms with E-state index in [0.717, 1.165) is 11.3 Å². The van der Waals surface area contributed by atoms with Crippen molar-refractivity contribution in [3.63, 3.8) is 0 Å². The summed E-state index contributed by atoms with van der Waals surface area (Å²) in [6.07, 6.45) is -2.12. The van der Waals surface area contributed by atoms with Crippen LogP contribution in [0.4, 0.5) is 13.2 Å². The first-order chi connectivity index (χ1) is 15.2. The Balaban J connectivity index is 1.35. The van der Waals surface area contributed by atoms with Gasteiger partial charge < -0.3 is 0 Å². The third kappa shape index (κ3) is 2.43. The van der Waals surface area contributed by atoms with E-state index in [9.17, 15) is 18.0 Å². The summed E-state index contributed by atoms with van der Waals surface area (Å²) in [5, 5.41) is 4.75. The molecule has 162 valence electrons. The predicted molar refractivity (Wildman–Crippen MR) is 113 cm³/mol. The molecule has 0 aliphatic heterocycles. The predicted octanol–water partition coefficient (Wildman–Crippen LogP) is 4.86. The average Bonchev–Trinajstić information content (AvgIpc) is 3.10. The van der Waals surface area contributed by atoms with Crippen molar-refractivity contribution >= 4 is 11.0 Å². The molecule has 0 radical (unpaired) electrons. The molecule has 0 atom stereocenters. The molecule has 2 aromatic heterocycles. The Bertz CT molecular complexity index is 1400.